The van der Waals surface area contributed by atoms with Gasteiger partial charge in [0.15, 0.2) is 11.6 Å². The molecular formula is C14H10ClF2N3S. The summed E-state index contributed by atoms with van der Waals surface area (Å²) in [5, 5.41) is 4.10. The summed E-state index contributed by atoms with van der Waals surface area (Å²) in [6.07, 6.45) is 0. The Hall–Kier alpha value is -1.79. The smallest absolute Gasteiger partial charge is 0.225 e. The fourth-order valence-corrected chi connectivity index (χ4v) is 3.08. The summed E-state index contributed by atoms with van der Waals surface area (Å²) in [6.45, 7) is 2.29. The lowest BCUT2D eigenvalue weighted by Crippen LogP contribution is -2.03. The van der Waals surface area contributed by atoms with E-state index >= 15 is 0 Å². The first-order valence-corrected chi connectivity index (χ1v) is 7.34. The van der Waals surface area contributed by atoms with Crippen molar-refractivity contribution in [1.29, 1.82) is 0 Å². The summed E-state index contributed by atoms with van der Waals surface area (Å²) < 4.78 is 26.1. The van der Waals surface area contributed by atoms with Gasteiger partial charge in [-0.2, -0.15) is 0 Å². The van der Waals surface area contributed by atoms with Gasteiger partial charge in [-0.25, -0.2) is 18.7 Å². The van der Waals surface area contributed by atoms with Gasteiger partial charge in [-0.05, 0) is 42.3 Å². The fourth-order valence-electron chi connectivity index (χ4n) is 1.99. The topological polar surface area (TPSA) is 37.8 Å². The number of benzene rings is 1. The number of aryl methyl sites for hydroxylation is 1. The predicted octanol–water partition coefficient (Wildman–Crippen LogP) is 4.54. The molecule has 3 rings (SSSR count). The lowest BCUT2D eigenvalue weighted by Gasteiger charge is -2.07. The molecule has 7 heteroatoms. The van der Waals surface area contributed by atoms with Gasteiger partial charge in [0, 0.05) is 11.4 Å². The van der Waals surface area contributed by atoms with Crippen molar-refractivity contribution in [1.82, 2.24) is 9.97 Å². The summed E-state index contributed by atoms with van der Waals surface area (Å²) in [5.74, 6) is -1.15. The number of thiophene rings is 1. The molecule has 0 atom stereocenters. The molecule has 1 N–H and O–H groups in total. The maximum atomic E-state index is 13.2. The molecule has 0 bridgehead atoms. The maximum absolute atomic E-state index is 13.2. The first-order chi connectivity index (χ1) is 10.0. The molecular weight excluding hydrogens is 316 g/mol. The zero-order valence-corrected chi connectivity index (χ0v) is 12.5. The van der Waals surface area contributed by atoms with E-state index in [-0.39, 0.29) is 5.28 Å². The molecule has 0 spiro atoms. The number of halogens is 3. The Morgan fingerprint density at radius 1 is 1.19 bits per heavy atom. The van der Waals surface area contributed by atoms with Crippen LogP contribution in [0.25, 0.3) is 10.2 Å². The van der Waals surface area contributed by atoms with E-state index in [1.807, 2.05) is 13.0 Å². The zero-order chi connectivity index (χ0) is 15.0. The highest BCUT2D eigenvalue weighted by atomic mass is 35.5. The van der Waals surface area contributed by atoms with Crippen molar-refractivity contribution >= 4 is 39.0 Å². The normalized spacial score (nSPS) is 11.0. The van der Waals surface area contributed by atoms with Crippen molar-refractivity contribution in [3.8, 4) is 0 Å². The number of nitrogens with zero attached hydrogens (tertiary/aromatic N) is 2. The molecule has 0 fully saturated rings. The Balaban J connectivity index is 1.89. The third kappa shape index (κ3) is 2.96. The van der Waals surface area contributed by atoms with E-state index in [9.17, 15) is 8.78 Å². The van der Waals surface area contributed by atoms with Crippen molar-refractivity contribution in [2.45, 2.75) is 13.5 Å². The molecule has 3 aromatic rings. The van der Waals surface area contributed by atoms with Gasteiger partial charge in [0.1, 0.15) is 10.6 Å². The second-order valence-electron chi connectivity index (χ2n) is 4.52. The van der Waals surface area contributed by atoms with Gasteiger partial charge in [0.25, 0.3) is 0 Å². The quantitative estimate of drug-likeness (QED) is 0.718. The third-order valence-corrected chi connectivity index (χ3v) is 4.05. The average molecular weight is 326 g/mol. The maximum Gasteiger partial charge on any atom is 0.225 e. The number of hydrogen-bond acceptors (Lipinski definition) is 4. The Morgan fingerprint density at radius 2 is 2.00 bits per heavy atom. The molecule has 0 saturated carbocycles. The van der Waals surface area contributed by atoms with Crippen LogP contribution in [0.3, 0.4) is 0 Å². The minimum Gasteiger partial charge on any atom is -0.365 e. The van der Waals surface area contributed by atoms with Gasteiger partial charge in [0.05, 0.1) is 5.39 Å². The molecule has 1 aromatic carbocycles. The molecule has 0 amide bonds. The van der Waals surface area contributed by atoms with Crippen LogP contribution in [0.4, 0.5) is 14.6 Å². The number of anilines is 1. The first-order valence-electron chi connectivity index (χ1n) is 6.14. The number of fused-ring (bicyclic) bond motifs is 1. The Kier molecular flexibility index (Phi) is 3.73. The van der Waals surface area contributed by atoms with Crippen LogP contribution < -0.4 is 5.32 Å². The second-order valence-corrected chi connectivity index (χ2v) is 6.09. The third-order valence-electron chi connectivity index (χ3n) is 2.93. The van der Waals surface area contributed by atoms with Gasteiger partial charge in [-0.3, -0.25) is 0 Å². The van der Waals surface area contributed by atoms with Crippen LogP contribution in [0, 0.1) is 18.6 Å². The molecule has 3 nitrogen and oxygen atoms in total. The SMILES string of the molecule is Cc1cc2c(NCc3ccc(F)c(F)c3)nc(Cl)nc2s1. The molecule has 2 heterocycles. The van der Waals surface area contributed by atoms with E-state index in [4.69, 9.17) is 11.6 Å². The van der Waals surface area contributed by atoms with Gasteiger partial charge in [-0.15, -0.1) is 11.3 Å². The fraction of sp³-hybridized carbons (Fsp3) is 0.143. The Bertz CT molecular complexity index is 819. The molecule has 2 aromatic heterocycles. The molecule has 0 unspecified atom stereocenters. The number of nitrogens with one attached hydrogen (secondary N) is 1. The van der Waals surface area contributed by atoms with Crippen LogP contribution >= 0.6 is 22.9 Å². The Morgan fingerprint density at radius 3 is 2.76 bits per heavy atom. The molecule has 0 aliphatic rings. The van der Waals surface area contributed by atoms with Crippen LogP contribution in [-0.4, -0.2) is 9.97 Å². The summed E-state index contributed by atoms with van der Waals surface area (Å²) in [6, 6.07) is 5.74. The molecule has 0 saturated heterocycles. The minimum absolute atomic E-state index is 0.150. The van der Waals surface area contributed by atoms with Gasteiger partial charge in [0.2, 0.25) is 5.28 Å². The first kappa shape index (κ1) is 14.2. The minimum atomic E-state index is -0.869. The summed E-state index contributed by atoms with van der Waals surface area (Å²) in [5.41, 5.74) is 0.615. The van der Waals surface area contributed by atoms with Crippen LogP contribution in [0.5, 0.6) is 0 Å². The Labute approximate surface area is 128 Å². The van der Waals surface area contributed by atoms with Crippen molar-refractivity contribution in [3.05, 3.63) is 51.6 Å². The second kappa shape index (κ2) is 5.54. The zero-order valence-electron chi connectivity index (χ0n) is 11.0. The van der Waals surface area contributed by atoms with E-state index in [1.54, 1.807) is 0 Å². The molecule has 0 aliphatic heterocycles. The standard InChI is InChI=1S/C14H10ClF2N3S/c1-7-4-9-12(19-14(15)20-13(9)21-7)18-6-8-2-3-10(16)11(17)5-8/h2-5H,6H2,1H3,(H,18,19,20). The van der Waals surface area contributed by atoms with Crippen molar-refractivity contribution in [2.75, 3.05) is 5.32 Å². The van der Waals surface area contributed by atoms with Crippen LogP contribution in [0.1, 0.15) is 10.4 Å². The summed E-state index contributed by atoms with van der Waals surface area (Å²) >= 11 is 7.42. The molecule has 21 heavy (non-hydrogen) atoms. The molecule has 0 aliphatic carbocycles. The highest BCUT2D eigenvalue weighted by Crippen LogP contribution is 2.29. The number of aromatic nitrogens is 2. The van der Waals surface area contributed by atoms with E-state index in [2.05, 4.69) is 15.3 Å². The lowest BCUT2D eigenvalue weighted by molar-refractivity contribution is 0.507. The highest BCUT2D eigenvalue weighted by molar-refractivity contribution is 7.18. The number of rotatable bonds is 3. The van der Waals surface area contributed by atoms with E-state index in [1.165, 1.54) is 17.4 Å². The van der Waals surface area contributed by atoms with Crippen LogP contribution in [0.2, 0.25) is 5.28 Å². The van der Waals surface area contributed by atoms with Gasteiger partial charge < -0.3 is 5.32 Å². The largest absolute Gasteiger partial charge is 0.365 e. The molecule has 0 radical (unpaired) electrons. The number of hydrogen-bond donors (Lipinski definition) is 1. The van der Waals surface area contributed by atoms with Crippen molar-refractivity contribution in [2.24, 2.45) is 0 Å². The van der Waals surface area contributed by atoms with Crippen LogP contribution in [0.15, 0.2) is 24.3 Å². The summed E-state index contributed by atoms with van der Waals surface area (Å²) in [7, 11) is 0. The van der Waals surface area contributed by atoms with E-state index in [0.717, 1.165) is 27.2 Å². The lowest BCUT2D eigenvalue weighted by atomic mass is 10.2. The van der Waals surface area contributed by atoms with E-state index < -0.39 is 11.6 Å². The van der Waals surface area contributed by atoms with Gasteiger partial charge in [-0.1, -0.05) is 6.07 Å². The average Bonchev–Trinajstić information content (AvgIpc) is 2.80. The summed E-state index contributed by atoms with van der Waals surface area (Å²) in [4.78, 5) is 10.2. The van der Waals surface area contributed by atoms with Crippen LogP contribution in [-0.2, 0) is 6.54 Å². The molecule has 108 valence electrons. The predicted molar refractivity (Wildman–Crippen MR) is 80.8 cm³/mol. The highest BCUT2D eigenvalue weighted by Gasteiger charge is 2.10. The van der Waals surface area contributed by atoms with Crippen molar-refractivity contribution in [3.63, 3.8) is 0 Å². The van der Waals surface area contributed by atoms with E-state index in [0.29, 0.717) is 17.9 Å². The monoisotopic (exact) mass is 325 g/mol. The van der Waals surface area contributed by atoms with Crippen molar-refractivity contribution < 1.29 is 8.78 Å². The van der Waals surface area contributed by atoms with Gasteiger partial charge >= 0.3 is 0 Å².